The largest absolute Gasteiger partial charge is 0.313 e. The second-order valence-electron chi connectivity index (χ2n) is 6.62. The number of aromatic nitrogens is 2. The minimum Gasteiger partial charge on any atom is -0.313 e. The van der Waals surface area contributed by atoms with Gasteiger partial charge in [0.2, 0.25) is 11.9 Å². The van der Waals surface area contributed by atoms with Crippen molar-refractivity contribution in [3.63, 3.8) is 0 Å². The van der Waals surface area contributed by atoms with E-state index in [2.05, 4.69) is 29.6 Å². The van der Waals surface area contributed by atoms with E-state index in [0.717, 1.165) is 29.8 Å². The van der Waals surface area contributed by atoms with Crippen LogP contribution in [0.5, 0.6) is 0 Å². The average Bonchev–Trinajstić information content (AvgIpc) is 2.97. The Kier molecular flexibility index (Phi) is 5.52. The highest BCUT2D eigenvalue weighted by Gasteiger charge is 2.19. The summed E-state index contributed by atoms with van der Waals surface area (Å²) in [6, 6.07) is 20.5. The zero-order valence-electron chi connectivity index (χ0n) is 15.6. The van der Waals surface area contributed by atoms with E-state index in [4.69, 9.17) is 4.98 Å². The van der Waals surface area contributed by atoms with Gasteiger partial charge in [-0.3, -0.25) is 10.1 Å². The van der Waals surface area contributed by atoms with Crippen molar-refractivity contribution in [2.24, 2.45) is 13.0 Å². The third kappa shape index (κ3) is 3.85. The molecule has 1 N–H and O–H groups in total. The quantitative estimate of drug-likeness (QED) is 0.705. The number of rotatable bonds is 6. The van der Waals surface area contributed by atoms with Gasteiger partial charge in [0.15, 0.2) is 0 Å². The zero-order chi connectivity index (χ0) is 18.5. The Morgan fingerprint density at radius 2 is 1.69 bits per heavy atom. The zero-order valence-corrected chi connectivity index (χ0v) is 15.6. The second-order valence-corrected chi connectivity index (χ2v) is 6.62. The van der Waals surface area contributed by atoms with Crippen molar-refractivity contribution in [3.05, 3.63) is 71.9 Å². The van der Waals surface area contributed by atoms with Crippen molar-refractivity contribution in [3.8, 4) is 11.3 Å². The summed E-state index contributed by atoms with van der Waals surface area (Å²) in [5, 5.41) is 2.99. The van der Waals surface area contributed by atoms with Crippen LogP contribution in [0.25, 0.3) is 11.3 Å². The van der Waals surface area contributed by atoms with Crippen LogP contribution in [0, 0.1) is 5.92 Å². The van der Waals surface area contributed by atoms with Crippen LogP contribution in [-0.4, -0.2) is 15.5 Å². The fourth-order valence-electron chi connectivity index (χ4n) is 2.95. The number of anilines is 1. The molecule has 1 atom stereocenters. The van der Waals surface area contributed by atoms with Gasteiger partial charge in [0.25, 0.3) is 0 Å². The van der Waals surface area contributed by atoms with Crippen LogP contribution >= 0.6 is 0 Å². The fourth-order valence-corrected chi connectivity index (χ4v) is 2.95. The summed E-state index contributed by atoms with van der Waals surface area (Å²) in [5.74, 6) is 0.566. The standard InChI is InChI=1S/C22H25N3O/c1-4-16(2)21(26)24-22-23-19(15-17-11-7-5-8-12-17)20(25(22)3)18-13-9-6-10-14-18/h5-14,16H,4,15H2,1-3H3,(H,23,24,26). The minimum atomic E-state index is -0.0375. The lowest BCUT2D eigenvalue weighted by Gasteiger charge is -2.11. The van der Waals surface area contributed by atoms with Gasteiger partial charge >= 0.3 is 0 Å². The highest BCUT2D eigenvalue weighted by Crippen LogP contribution is 2.28. The Labute approximate surface area is 154 Å². The smallest absolute Gasteiger partial charge is 0.229 e. The maximum atomic E-state index is 12.3. The Bertz CT molecular complexity index is 869. The fraction of sp³-hybridized carbons (Fsp3) is 0.273. The highest BCUT2D eigenvalue weighted by molar-refractivity contribution is 5.91. The summed E-state index contributed by atoms with van der Waals surface area (Å²) in [6.07, 6.45) is 1.52. The predicted octanol–water partition coefficient (Wildman–Crippen LogP) is 4.66. The lowest BCUT2D eigenvalue weighted by atomic mass is 10.0. The molecule has 0 spiro atoms. The van der Waals surface area contributed by atoms with E-state index >= 15 is 0 Å². The molecular weight excluding hydrogens is 322 g/mol. The van der Waals surface area contributed by atoms with Crippen molar-refractivity contribution >= 4 is 11.9 Å². The third-order valence-electron chi connectivity index (χ3n) is 4.72. The number of hydrogen-bond donors (Lipinski definition) is 1. The van der Waals surface area contributed by atoms with Crippen molar-refractivity contribution < 1.29 is 4.79 Å². The monoisotopic (exact) mass is 347 g/mol. The molecule has 0 aliphatic heterocycles. The average molecular weight is 347 g/mol. The Morgan fingerprint density at radius 3 is 2.31 bits per heavy atom. The first-order valence-corrected chi connectivity index (χ1v) is 9.06. The van der Waals surface area contributed by atoms with E-state index in [0.29, 0.717) is 5.95 Å². The van der Waals surface area contributed by atoms with Gasteiger partial charge in [0.1, 0.15) is 0 Å². The van der Waals surface area contributed by atoms with Gasteiger partial charge < -0.3 is 4.57 Å². The van der Waals surface area contributed by atoms with E-state index < -0.39 is 0 Å². The molecule has 1 heterocycles. The first kappa shape index (κ1) is 17.9. The second kappa shape index (κ2) is 8.00. The molecule has 0 radical (unpaired) electrons. The Hall–Kier alpha value is -2.88. The maximum absolute atomic E-state index is 12.3. The number of imidazole rings is 1. The number of hydrogen-bond acceptors (Lipinski definition) is 2. The van der Waals surface area contributed by atoms with Crippen LogP contribution in [0.3, 0.4) is 0 Å². The molecule has 26 heavy (non-hydrogen) atoms. The molecule has 3 rings (SSSR count). The molecule has 4 heteroatoms. The molecule has 0 aliphatic carbocycles. The normalized spacial score (nSPS) is 12.0. The van der Waals surface area contributed by atoms with E-state index in [1.54, 1.807) is 0 Å². The lowest BCUT2D eigenvalue weighted by Crippen LogP contribution is -2.21. The van der Waals surface area contributed by atoms with Gasteiger partial charge in [-0.15, -0.1) is 0 Å². The molecule has 0 saturated carbocycles. The molecule has 0 saturated heterocycles. The molecule has 1 aromatic heterocycles. The highest BCUT2D eigenvalue weighted by atomic mass is 16.2. The molecule has 0 bridgehead atoms. The maximum Gasteiger partial charge on any atom is 0.229 e. The number of nitrogens with one attached hydrogen (secondary N) is 1. The summed E-state index contributed by atoms with van der Waals surface area (Å²) < 4.78 is 1.98. The summed E-state index contributed by atoms with van der Waals surface area (Å²) in [6.45, 7) is 3.94. The molecule has 0 fully saturated rings. The van der Waals surface area contributed by atoms with Crippen LogP contribution in [0.1, 0.15) is 31.5 Å². The topological polar surface area (TPSA) is 46.9 Å². The lowest BCUT2D eigenvalue weighted by molar-refractivity contribution is -0.119. The first-order chi connectivity index (χ1) is 12.6. The number of nitrogens with zero attached hydrogens (tertiary/aromatic N) is 2. The van der Waals surface area contributed by atoms with Gasteiger partial charge in [-0.25, -0.2) is 4.98 Å². The molecule has 4 nitrogen and oxygen atoms in total. The van der Waals surface area contributed by atoms with Gasteiger partial charge in [-0.2, -0.15) is 0 Å². The molecule has 0 aliphatic rings. The molecule has 134 valence electrons. The van der Waals surface area contributed by atoms with E-state index in [9.17, 15) is 4.79 Å². The van der Waals surface area contributed by atoms with Crippen LogP contribution in [0.15, 0.2) is 60.7 Å². The van der Waals surface area contributed by atoms with Crippen molar-refractivity contribution in [1.82, 2.24) is 9.55 Å². The van der Waals surface area contributed by atoms with Gasteiger partial charge in [0.05, 0.1) is 11.4 Å². The SMILES string of the molecule is CCC(C)C(=O)Nc1nc(Cc2ccccc2)c(-c2ccccc2)n1C. The first-order valence-electron chi connectivity index (χ1n) is 9.06. The summed E-state index contributed by atoms with van der Waals surface area (Å²) in [5.41, 5.74) is 4.29. The molecule has 3 aromatic rings. The number of carbonyl (C=O) groups excluding carboxylic acids is 1. The molecule has 2 aromatic carbocycles. The van der Waals surface area contributed by atoms with Gasteiger partial charge in [-0.05, 0) is 12.0 Å². The Morgan fingerprint density at radius 1 is 1.08 bits per heavy atom. The van der Waals surface area contributed by atoms with Gasteiger partial charge in [0, 0.05) is 24.9 Å². The van der Waals surface area contributed by atoms with Gasteiger partial charge in [-0.1, -0.05) is 74.5 Å². The van der Waals surface area contributed by atoms with E-state index in [-0.39, 0.29) is 11.8 Å². The van der Waals surface area contributed by atoms with Crippen LogP contribution in [-0.2, 0) is 18.3 Å². The van der Waals surface area contributed by atoms with Crippen molar-refractivity contribution in [2.45, 2.75) is 26.7 Å². The molecule has 1 unspecified atom stereocenters. The minimum absolute atomic E-state index is 0.00599. The van der Waals surface area contributed by atoms with Crippen LogP contribution in [0.2, 0.25) is 0 Å². The summed E-state index contributed by atoms with van der Waals surface area (Å²) in [7, 11) is 1.95. The van der Waals surface area contributed by atoms with Crippen LogP contribution in [0.4, 0.5) is 5.95 Å². The molecular formula is C22H25N3O. The van der Waals surface area contributed by atoms with E-state index in [1.807, 2.05) is 61.9 Å². The number of benzene rings is 2. The van der Waals surface area contributed by atoms with E-state index in [1.165, 1.54) is 5.56 Å². The van der Waals surface area contributed by atoms with Crippen molar-refractivity contribution in [2.75, 3.05) is 5.32 Å². The summed E-state index contributed by atoms with van der Waals surface area (Å²) >= 11 is 0. The number of carbonyl (C=O) groups is 1. The Balaban J connectivity index is 2.01. The number of amides is 1. The predicted molar refractivity (Wildman–Crippen MR) is 106 cm³/mol. The summed E-state index contributed by atoms with van der Waals surface area (Å²) in [4.78, 5) is 17.1. The van der Waals surface area contributed by atoms with Crippen LogP contribution < -0.4 is 5.32 Å². The van der Waals surface area contributed by atoms with Crippen molar-refractivity contribution in [1.29, 1.82) is 0 Å². The third-order valence-corrected chi connectivity index (χ3v) is 4.72. The molecule has 1 amide bonds.